The molecular weight excluding hydrogens is 218 g/mol. The minimum atomic E-state index is 0. The van der Waals surface area contributed by atoms with E-state index in [2.05, 4.69) is 35.2 Å². The van der Waals surface area contributed by atoms with Crippen molar-refractivity contribution >= 4 is 12.4 Å². The molecule has 0 N–H and O–H groups in total. The molecule has 1 aliphatic heterocycles. The first kappa shape index (κ1) is 13.5. The minimum absolute atomic E-state index is 0. The topological polar surface area (TPSA) is 3.24 Å². The Hall–Kier alpha value is -0.530. The van der Waals surface area contributed by atoms with Crippen molar-refractivity contribution in [3.63, 3.8) is 0 Å². The highest BCUT2D eigenvalue weighted by Crippen LogP contribution is 2.10. The van der Waals surface area contributed by atoms with Crippen molar-refractivity contribution < 1.29 is 0 Å². The third-order valence-electron chi connectivity index (χ3n) is 3.23. The summed E-state index contributed by atoms with van der Waals surface area (Å²) in [6.45, 7) is 3.94. The van der Waals surface area contributed by atoms with Crippen LogP contribution < -0.4 is 0 Å². The maximum Gasteiger partial charge on any atom is -0.00156 e. The van der Waals surface area contributed by atoms with Crippen molar-refractivity contribution in [3.05, 3.63) is 35.9 Å². The van der Waals surface area contributed by atoms with Gasteiger partial charge in [-0.3, -0.25) is 0 Å². The van der Waals surface area contributed by atoms with E-state index in [-0.39, 0.29) is 12.4 Å². The van der Waals surface area contributed by atoms with E-state index < -0.39 is 0 Å². The molecule has 0 atom stereocenters. The van der Waals surface area contributed by atoms with Crippen LogP contribution in [-0.2, 0) is 6.42 Å². The molecule has 0 bridgehead atoms. The Balaban J connectivity index is 0.00000128. The molecule has 0 saturated carbocycles. The molecule has 1 saturated heterocycles. The average molecular weight is 240 g/mol. The highest BCUT2D eigenvalue weighted by molar-refractivity contribution is 5.85. The highest BCUT2D eigenvalue weighted by atomic mass is 35.5. The summed E-state index contributed by atoms with van der Waals surface area (Å²) in [4.78, 5) is 2.62. The number of benzene rings is 1. The number of aryl methyl sites for hydroxylation is 1. The van der Waals surface area contributed by atoms with Gasteiger partial charge in [-0.2, -0.15) is 0 Å². The normalized spacial score (nSPS) is 16.8. The number of hydrogen-bond donors (Lipinski definition) is 0. The SMILES string of the molecule is Cl.c1ccc(CCCN2CCCCC2)cc1. The van der Waals surface area contributed by atoms with Crippen LogP contribution in [0.15, 0.2) is 30.3 Å². The lowest BCUT2D eigenvalue weighted by atomic mass is 10.1. The summed E-state index contributed by atoms with van der Waals surface area (Å²) >= 11 is 0. The Morgan fingerprint density at radius 3 is 2.31 bits per heavy atom. The Kier molecular flexibility index (Phi) is 6.51. The zero-order valence-electron chi connectivity index (χ0n) is 9.90. The quantitative estimate of drug-likeness (QED) is 0.777. The predicted octanol–water partition coefficient (Wildman–Crippen LogP) is 3.53. The van der Waals surface area contributed by atoms with Gasteiger partial charge in [0.25, 0.3) is 0 Å². The van der Waals surface area contributed by atoms with Gasteiger partial charge in [-0.25, -0.2) is 0 Å². The molecule has 1 aliphatic rings. The van der Waals surface area contributed by atoms with E-state index in [9.17, 15) is 0 Å². The number of hydrogen-bond acceptors (Lipinski definition) is 1. The van der Waals surface area contributed by atoms with Crippen LogP contribution >= 0.6 is 12.4 Å². The van der Waals surface area contributed by atoms with E-state index in [4.69, 9.17) is 0 Å². The van der Waals surface area contributed by atoms with Gasteiger partial charge in [-0.05, 0) is 50.9 Å². The smallest absolute Gasteiger partial charge is 0.00156 e. The Bertz CT molecular complexity index is 267. The van der Waals surface area contributed by atoms with Crippen LogP contribution in [-0.4, -0.2) is 24.5 Å². The van der Waals surface area contributed by atoms with Crippen LogP contribution in [0.5, 0.6) is 0 Å². The largest absolute Gasteiger partial charge is 0.303 e. The van der Waals surface area contributed by atoms with Crippen LogP contribution in [0.25, 0.3) is 0 Å². The fourth-order valence-corrected chi connectivity index (χ4v) is 2.33. The minimum Gasteiger partial charge on any atom is -0.303 e. The van der Waals surface area contributed by atoms with Gasteiger partial charge in [-0.15, -0.1) is 12.4 Å². The molecule has 1 aromatic rings. The fourth-order valence-electron chi connectivity index (χ4n) is 2.33. The van der Waals surface area contributed by atoms with Crippen LogP contribution in [0, 0.1) is 0 Å². The molecule has 0 radical (unpaired) electrons. The van der Waals surface area contributed by atoms with E-state index >= 15 is 0 Å². The molecule has 0 unspecified atom stereocenters. The van der Waals surface area contributed by atoms with Crippen molar-refractivity contribution in [2.75, 3.05) is 19.6 Å². The number of halogens is 1. The van der Waals surface area contributed by atoms with Gasteiger partial charge < -0.3 is 4.90 Å². The van der Waals surface area contributed by atoms with E-state index in [1.807, 2.05) is 0 Å². The van der Waals surface area contributed by atoms with Crippen molar-refractivity contribution in [3.8, 4) is 0 Å². The Morgan fingerprint density at radius 1 is 0.938 bits per heavy atom. The highest BCUT2D eigenvalue weighted by Gasteiger charge is 2.08. The summed E-state index contributed by atoms with van der Waals surface area (Å²) in [6.07, 6.45) is 6.80. The molecular formula is C14H22ClN. The summed E-state index contributed by atoms with van der Waals surface area (Å²) in [6, 6.07) is 10.8. The van der Waals surface area contributed by atoms with Gasteiger partial charge in [0.2, 0.25) is 0 Å². The lowest BCUT2D eigenvalue weighted by Crippen LogP contribution is -2.30. The van der Waals surface area contributed by atoms with Gasteiger partial charge in [0.05, 0.1) is 0 Å². The second-order valence-corrected chi connectivity index (χ2v) is 4.49. The van der Waals surface area contributed by atoms with Crippen molar-refractivity contribution in [2.45, 2.75) is 32.1 Å². The molecule has 2 rings (SSSR count). The van der Waals surface area contributed by atoms with Crippen LogP contribution in [0.1, 0.15) is 31.2 Å². The summed E-state index contributed by atoms with van der Waals surface area (Å²) in [5.41, 5.74) is 1.48. The van der Waals surface area contributed by atoms with E-state index in [1.165, 1.54) is 57.3 Å². The first-order chi connectivity index (χ1) is 7.45. The fraction of sp³-hybridized carbons (Fsp3) is 0.571. The zero-order chi connectivity index (χ0) is 10.3. The van der Waals surface area contributed by atoms with Crippen LogP contribution in [0.2, 0.25) is 0 Å². The van der Waals surface area contributed by atoms with Crippen molar-refractivity contribution in [1.82, 2.24) is 4.90 Å². The first-order valence-electron chi connectivity index (χ1n) is 6.21. The lowest BCUT2D eigenvalue weighted by Gasteiger charge is -2.26. The molecule has 0 spiro atoms. The summed E-state index contributed by atoms with van der Waals surface area (Å²) in [5.74, 6) is 0. The monoisotopic (exact) mass is 239 g/mol. The van der Waals surface area contributed by atoms with E-state index in [1.54, 1.807) is 0 Å². The Labute approximate surface area is 105 Å². The second kappa shape index (κ2) is 7.70. The molecule has 0 aromatic heterocycles. The molecule has 2 heteroatoms. The third-order valence-corrected chi connectivity index (χ3v) is 3.23. The second-order valence-electron chi connectivity index (χ2n) is 4.49. The van der Waals surface area contributed by atoms with E-state index in [0.29, 0.717) is 0 Å². The summed E-state index contributed by atoms with van der Waals surface area (Å²) in [5, 5.41) is 0. The number of piperidine rings is 1. The van der Waals surface area contributed by atoms with E-state index in [0.717, 1.165) is 0 Å². The van der Waals surface area contributed by atoms with Crippen molar-refractivity contribution in [1.29, 1.82) is 0 Å². The van der Waals surface area contributed by atoms with Gasteiger partial charge in [0.15, 0.2) is 0 Å². The molecule has 1 aromatic carbocycles. The maximum absolute atomic E-state index is 2.62. The first-order valence-corrected chi connectivity index (χ1v) is 6.21. The van der Waals surface area contributed by atoms with Crippen LogP contribution in [0.3, 0.4) is 0 Å². The van der Waals surface area contributed by atoms with Crippen LogP contribution in [0.4, 0.5) is 0 Å². The molecule has 1 fully saturated rings. The summed E-state index contributed by atoms with van der Waals surface area (Å²) in [7, 11) is 0. The standard InChI is InChI=1S/C14H21N.ClH/c1-3-8-14(9-4-1)10-7-13-15-11-5-2-6-12-15;/h1,3-4,8-9H,2,5-7,10-13H2;1H. The average Bonchev–Trinajstić information content (AvgIpc) is 2.32. The Morgan fingerprint density at radius 2 is 1.62 bits per heavy atom. The van der Waals surface area contributed by atoms with Gasteiger partial charge in [0.1, 0.15) is 0 Å². The summed E-state index contributed by atoms with van der Waals surface area (Å²) < 4.78 is 0. The molecule has 16 heavy (non-hydrogen) atoms. The molecule has 0 aliphatic carbocycles. The lowest BCUT2D eigenvalue weighted by molar-refractivity contribution is 0.226. The zero-order valence-corrected chi connectivity index (χ0v) is 10.7. The maximum atomic E-state index is 2.62. The molecule has 1 heterocycles. The molecule has 0 amide bonds. The molecule has 1 nitrogen and oxygen atoms in total. The predicted molar refractivity (Wildman–Crippen MR) is 72.3 cm³/mol. The number of nitrogens with zero attached hydrogens (tertiary/aromatic N) is 1. The van der Waals surface area contributed by atoms with Gasteiger partial charge in [0, 0.05) is 0 Å². The van der Waals surface area contributed by atoms with Crippen molar-refractivity contribution in [2.24, 2.45) is 0 Å². The number of likely N-dealkylation sites (tertiary alicyclic amines) is 1. The number of rotatable bonds is 4. The van der Waals surface area contributed by atoms with Gasteiger partial charge >= 0.3 is 0 Å². The third kappa shape index (κ3) is 4.54. The molecule has 90 valence electrons. The van der Waals surface area contributed by atoms with Gasteiger partial charge in [-0.1, -0.05) is 36.8 Å².